The van der Waals surface area contributed by atoms with Crippen molar-refractivity contribution in [1.82, 2.24) is 10.2 Å². The minimum absolute atomic E-state index is 0.174. The summed E-state index contributed by atoms with van der Waals surface area (Å²) in [6, 6.07) is 12.9. The zero-order valence-corrected chi connectivity index (χ0v) is 14.4. The van der Waals surface area contributed by atoms with Crippen LogP contribution in [0.15, 0.2) is 48.5 Å². The fourth-order valence-corrected chi connectivity index (χ4v) is 3.25. The first-order valence-electron chi connectivity index (χ1n) is 8.54. The number of benzene rings is 2. The van der Waals surface area contributed by atoms with Crippen molar-refractivity contribution in [3.05, 3.63) is 59.9 Å². The summed E-state index contributed by atoms with van der Waals surface area (Å²) >= 11 is 0. The first-order valence-corrected chi connectivity index (χ1v) is 8.54. The molecule has 0 bridgehead atoms. The van der Waals surface area contributed by atoms with Gasteiger partial charge in [-0.15, -0.1) is 0 Å². The molecule has 1 saturated heterocycles. The molecule has 0 aliphatic carbocycles. The second-order valence-corrected chi connectivity index (χ2v) is 6.54. The molecule has 0 saturated carbocycles. The summed E-state index contributed by atoms with van der Waals surface area (Å²) in [6.07, 6.45) is 0.156. The Morgan fingerprint density at radius 3 is 2.62 bits per heavy atom. The number of hydrogen-bond donors (Lipinski definition) is 2. The summed E-state index contributed by atoms with van der Waals surface area (Å²) in [7, 11) is 0. The maximum absolute atomic E-state index is 13.9. The number of nitrogens with zero attached hydrogens (tertiary/aromatic N) is 1. The lowest BCUT2D eigenvalue weighted by Crippen LogP contribution is -2.43. The van der Waals surface area contributed by atoms with Gasteiger partial charge in [0.25, 0.3) is 0 Å². The van der Waals surface area contributed by atoms with E-state index in [1.807, 2.05) is 31.2 Å². The number of nitrogens with one attached hydrogen (secondary N) is 1. The molecule has 2 aromatic carbocycles. The lowest BCUT2D eigenvalue weighted by molar-refractivity contribution is -0.131. The molecule has 6 heteroatoms. The Morgan fingerprint density at radius 2 is 1.96 bits per heavy atom. The van der Waals surface area contributed by atoms with Crippen LogP contribution in [0.3, 0.4) is 0 Å². The predicted molar refractivity (Wildman–Crippen MR) is 95.6 cm³/mol. The number of aliphatic hydroxyl groups excluding tert-OH is 1. The Morgan fingerprint density at radius 1 is 1.27 bits per heavy atom. The summed E-state index contributed by atoms with van der Waals surface area (Å²) in [5, 5.41) is 12.5. The lowest BCUT2D eigenvalue weighted by Gasteiger charge is -2.22. The number of carbonyl (C=O) groups excluding carboxylic acids is 2. The van der Waals surface area contributed by atoms with Gasteiger partial charge in [-0.2, -0.15) is 0 Å². The van der Waals surface area contributed by atoms with Crippen LogP contribution in [0.1, 0.15) is 24.9 Å². The number of likely N-dealkylation sites (tertiary alicyclic amines) is 1. The van der Waals surface area contributed by atoms with Crippen LogP contribution in [-0.2, 0) is 9.59 Å². The van der Waals surface area contributed by atoms with Crippen molar-refractivity contribution in [3.8, 4) is 11.1 Å². The zero-order chi connectivity index (χ0) is 18.7. The molecule has 2 aromatic rings. The molecule has 0 spiro atoms. The highest BCUT2D eigenvalue weighted by Gasteiger charge is 2.35. The summed E-state index contributed by atoms with van der Waals surface area (Å²) in [6.45, 7) is 2.01. The highest BCUT2D eigenvalue weighted by atomic mass is 19.1. The molecular formula is C20H21FN2O3. The zero-order valence-electron chi connectivity index (χ0n) is 14.4. The van der Waals surface area contributed by atoms with Gasteiger partial charge in [-0.25, -0.2) is 4.39 Å². The highest BCUT2D eigenvalue weighted by Crippen LogP contribution is 2.25. The third kappa shape index (κ3) is 3.75. The van der Waals surface area contributed by atoms with Gasteiger partial charge in [0.1, 0.15) is 11.9 Å². The molecule has 0 aromatic heterocycles. The minimum atomic E-state index is -0.675. The van der Waals surface area contributed by atoms with E-state index in [1.165, 1.54) is 11.0 Å². The first kappa shape index (κ1) is 18.1. The standard InChI is InChI=1S/C20H21FN2O3/c1-13(22-20(26)19-10-16(25)11-23(19)12-24)14-6-8-15(9-7-14)17-4-2-3-5-18(17)21/h2-9,12-13,16,19,25H,10-11H2,1H3,(H,22,26)/t13-,16+,19-/m0/s1. The molecule has 3 rings (SSSR count). The van der Waals surface area contributed by atoms with Gasteiger partial charge in [0, 0.05) is 18.5 Å². The first-order chi connectivity index (χ1) is 12.5. The number of halogens is 1. The summed E-state index contributed by atoms with van der Waals surface area (Å²) in [5.41, 5.74) is 2.16. The van der Waals surface area contributed by atoms with E-state index < -0.39 is 12.1 Å². The van der Waals surface area contributed by atoms with E-state index in [2.05, 4.69) is 5.32 Å². The molecule has 1 fully saturated rings. The van der Waals surface area contributed by atoms with E-state index in [1.54, 1.807) is 18.2 Å². The van der Waals surface area contributed by atoms with Crippen LogP contribution in [0, 0.1) is 5.82 Å². The molecule has 0 unspecified atom stereocenters. The molecule has 1 aliphatic heterocycles. The molecule has 5 nitrogen and oxygen atoms in total. The Bertz CT molecular complexity index is 794. The second kappa shape index (κ2) is 7.66. The highest BCUT2D eigenvalue weighted by molar-refractivity contribution is 5.84. The van der Waals surface area contributed by atoms with Crippen molar-refractivity contribution in [1.29, 1.82) is 0 Å². The number of rotatable bonds is 5. The molecule has 0 radical (unpaired) electrons. The molecular weight excluding hydrogens is 335 g/mol. The van der Waals surface area contributed by atoms with Gasteiger partial charge >= 0.3 is 0 Å². The Hall–Kier alpha value is -2.73. The molecule has 3 atom stereocenters. The number of amides is 2. The van der Waals surface area contributed by atoms with Crippen molar-refractivity contribution >= 4 is 12.3 Å². The lowest BCUT2D eigenvalue weighted by atomic mass is 10.0. The predicted octanol–water partition coefficient (Wildman–Crippen LogP) is 2.26. The molecule has 1 aliphatic rings. The van der Waals surface area contributed by atoms with Crippen LogP contribution in [0.2, 0.25) is 0 Å². The van der Waals surface area contributed by atoms with Gasteiger partial charge in [-0.05, 0) is 24.1 Å². The quantitative estimate of drug-likeness (QED) is 0.808. The SMILES string of the molecule is C[C@H](NC(=O)[C@@H]1C[C@@H](O)CN1C=O)c1ccc(-c2ccccc2F)cc1. The normalized spacial score (nSPS) is 20.7. The summed E-state index contributed by atoms with van der Waals surface area (Å²) in [4.78, 5) is 24.7. The van der Waals surface area contributed by atoms with Crippen molar-refractivity contribution in [2.45, 2.75) is 31.5 Å². The van der Waals surface area contributed by atoms with Crippen molar-refractivity contribution in [2.24, 2.45) is 0 Å². The van der Waals surface area contributed by atoms with E-state index >= 15 is 0 Å². The van der Waals surface area contributed by atoms with Gasteiger partial charge in [-0.3, -0.25) is 9.59 Å². The summed E-state index contributed by atoms with van der Waals surface area (Å²) in [5.74, 6) is -0.574. The van der Waals surface area contributed by atoms with Gasteiger partial charge in [-0.1, -0.05) is 42.5 Å². The third-order valence-corrected chi connectivity index (χ3v) is 4.71. The Kier molecular flexibility index (Phi) is 5.32. The average Bonchev–Trinajstić information content (AvgIpc) is 3.03. The van der Waals surface area contributed by atoms with Crippen LogP contribution in [0.4, 0.5) is 4.39 Å². The summed E-state index contributed by atoms with van der Waals surface area (Å²) < 4.78 is 13.9. The largest absolute Gasteiger partial charge is 0.391 e. The topological polar surface area (TPSA) is 69.6 Å². The Labute approximate surface area is 151 Å². The van der Waals surface area contributed by atoms with E-state index in [4.69, 9.17) is 0 Å². The van der Waals surface area contributed by atoms with Crippen molar-refractivity contribution in [3.63, 3.8) is 0 Å². The molecule has 26 heavy (non-hydrogen) atoms. The van der Waals surface area contributed by atoms with Crippen LogP contribution < -0.4 is 5.32 Å². The smallest absolute Gasteiger partial charge is 0.243 e. The average molecular weight is 356 g/mol. The number of aliphatic hydroxyl groups is 1. The van der Waals surface area contributed by atoms with E-state index in [-0.39, 0.29) is 30.7 Å². The maximum Gasteiger partial charge on any atom is 0.243 e. The molecule has 2 N–H and O–H groups in total. The van der Waals surface area contributed by atoms with Gasteiger partial charge in [0.05, 0.1) is 12.1 Å². The monoisotopic (exact) mass is 356 g/mol. The van der Waals surface area contributed by atoms with E-state index in [0.717, 1.165) is 11.1 Å². The minimum Gasteiger partial charge on any atom is -0.391 e. The van der Waals surface area contributed by atoms with Gasteiger partial charge < -0.3 is 15.3 Å². The van der Waals surface area contributed by atoms with Crippen LogP contribution in [-0.4, -0.2) is 41.0 Å². The van der Waals surface area contributed by atoms with Crippen molar-refractivity contribution in [2.75, 3.05) is 6.54 Å². The van der Waals surface area contributed by atoms with Crippen LogP contribution in [0.5, 0.6) is 0 Å². The second-order valence-electron chi connectivity index (χ2n) is 6.54. The molecule has 2 amide bonds. The Balaban J connectivity index is 1.68. The number of carbonyl (C=O) groups is 2. The van der Waals surface area contributed by atoms with E-state index in [9.17, 15) is 19.1 Å². The fourth-order valence-electron chi connectivity index (χ4n) is 3.25. The van der Waals surface area contributed by atoms with Crippen molar-refractivity contribution < 1.29 is 19.1 Å². The van der Waals surface area contributed by atoms with Crippen LogP contribution >= 0.6 is 0 Å². The fraction of sp³-hybridized carbons (Fsp3) is 0.300. The van der Waals surface area contributed by atoms with E-state index in [0.29, 0.717) is 12.0 Å². The number of β-amino-alcohol motifs (C(OH)–C–C–N with tert-alkyl or cyclic N) is 1. The molecule has 136 valence electrons. The van der Waals surface area contributed by atoms with Gasteiger partial charge in [0.2, 0.25) is 12.3 Å². The maximum atomic E-state index is 13.9. The molecule has 1 heterocycles. The van der Waals surface area contributed by atoms with Gasteiger partial charge in [0.15, 0.2) is 0 Å². The number of hydrogen-bond acceptors (Lipinski definition) is 3. The third-order valence-electron chi connectivity index (χ3n) is 4.71. The van der Waals surface area contributed by atoms with Crippen LogP contribution in [0.25, 0.3) is 11.1 Å².